The standard InChI is InChI=1S/2C11H24.C10H22.18CH4/c2*1-6-10(4)8-11(5)7-9(2)3;1-5-7-10(4)8-9(3)6-2;;;;;;;;;;;;;;;;;;/h2*9-11H,6-8H2,1-5H3;9-10H,5-8H2,1-4H3;18*1H4. The molecule has 0 heterocycles. The van der Waals surface area contributed by atoms with Crippen LogP contribution < -0.4 is 0 Å². The van der Waals surface area contributed by atoms with Crippen LogP contribution in [0.3, 0.4) is 0 Å². The molecular formula is C50H142. The van der Waals surface area contributed by atoms with Crippen LogP contribution in [0.4, 0.5) is 0 Å². The van der Waals surface area contributed by atoms with Crippen molar-refractivity contribution in [1.29, 1.82) is 0 Å². The molecule has 0 aliphatic rings. The van der Waals surface area contributed by atoms with Crippen LogP contribution in [-0.4, -0.2) is 0 Å². The summed E-state index contributed by atoms with van der Waals surface area (Å²) in [6.07, 6.45) is 13.8. The Morgan fingerprint density at radius 1 is 0.240 bits per heavy atom. The van der Waals surface area contributed by atoms with Gasteiger partial charge in [0.15, 0.2) is 0 Å². The summed E-state index contributed by atoms with van der Waals surface area (Å²) >= 11 is 0. The monoisotopic (exact) mass is 743 g/mol. The summed E-state index contributed by atoms with van der Waals surface area (Å²) in [4.78, 5) is 0. The van der Waals surface area contributed by atoms with E-state index in [1.807, 2.05) is 0 Å². The molecule has 0 fully saturated rings. The molecule has 6 atom stereocenters. The molecule has 0 amide bonds. The Morgan fingerprint density at radius 3 is 0.560 bits per heavy atom. The van der Waals surface area contributed by atoms with Crippen LogP contribution >= 0.6 is 0 Å². The quantitative estimate of drug-likeness (QED) is 0.157. The second-order valence-electron chi connectivity index (χ2n) is 12.6. The van der Waals surface area contributed by atoms with Crippen LogP contribution in [0.25, 0.3) is 0 Å². The van der Waals surface area contributed by atoms with E-state index in [9.17, 15) is 0 Å². The van der Waals surface area contributed by atoms with Crippen LogP contribution in [0.15, 0.2) is 0 Å². The van der Waals surface area contributed by atoms with Crippen molar-refractivity contribution in [3.63, 3.8) is 0 Å². The molecule has 0 nitrogen and oxygen atoms in total. The van der Waals surface area contributed by atoms with Crippen molar-refractivity contribution in [3.8, 4) is 0 Å². The van der Waals surface area contributed by atoms with Crippen LogP contribution in [-0.2, 0) is 0 Å². The van der Waals surface area contributed by atoms with Gasteiger partial charge in [-0.3, -0.25) is 0 Å². The van der Waals surface area contributed by atoms with Gasteiger partial charge in [-0.15, -0.1) is 0 Å². The summed E-state index contributed by atoms with van der Waals surface area (Å²) in [6, 6.07) is 0. The minimum atomic E-state index is 0. The highest BCUT2D eigenvalue weighted by Crippen LogP contribution is 2.22. The maximum atomic E-state index is 2.38. The molecule has 0 saturated heterocycles. The van der Waals surface area contributed by atoms with Gasteiger partial charge in [0.2, 0.25) is 0 Å². The van der Waals surface area contributed by atoms with Gasteiger partial charge in [0.05, 0.1) is 0 Å². The average molecular weight is 744 g/mol. The first-order valence-electron chi connectivity index (χ1n) is 14.8. The summed E-state index contributed by atoms with van der Waals surface area (Å²) in [7, 11) is 0. The fraction of sp³-hybridized carbons (Fsp3) is 1.00. The molecule has 0 aliphatic heterocycles. The van der Waals surface area contributed by atoms with Crippen molar-refractivity contribution in [2.75, 3.05) is 0 Å². The largest absolute Gasteiger partial charge is 0.0776 e. The Kier molecular flexibility index (Phi) is 279. The zero-order valence-electron chi connectivity index (χ0n) is 25.7. The summed E-state index contributed by atoms with van der Waals surface area (Å²) < 4.78 is 0. The van der Waals surface area contributed by atoms with E-state index >= 15 is 0 Å². The highest BCUT2D eigenvalue weighted by Gasteiger charge is 2.09. The molecule has 0 heteroatoms. The third-order valence-electron chi connectivity index (χ3n) is 7.03. The molecule has 0 aromatic rings. The van der Waals surface area contributed by atoms with Gasteiger partial charge in [-0.25, -0.2) is 0 Å². The molecule has 0 aliphatic carbocycles. The highest BCUT2D eigenvalue weighted by atomic mass is 14.2. The van der Waals surface area contributed by atoms with Gasteiger partial charge < -0.3 is 0 Å². The van der Waals surface area contributed by atoms with Gasteiger partial charge in [0, 0.05) is 0 Å². The predicted octanol–water partition coefficient (Wildman–Crippen LogP) is 23.5. The fourth-order valence-corrected chi connectivity index (χ4v) is 4.97. The maximum absolute atomic E-state index is 2.38. The normalized spacial score (nSPS) is 10.8. The third kappa shape index (κ3) is 126. The Labute approximate surface area is 341 Å². The van der Waals surface area contributed by atoms with E-state index < -0.39 is 0 Å². The molecule has 342 valence electrons. The van der Waals surface area contributed by atoms with Crippen molar-refractivity contribution in [3.05, 3.63) is 0 Å². The molecule has 0 aromatic carbocycles. The van der Waals surface area contributed by atoms with Gasteiger partial charge in [0.1, 0.15) is 0 Å². The van der Waals surface area contributed by atoms with E-state index in [-0.39, 0.29) is 134 Å². The van der Waals surface area contributed by atoms with Crippen molar-refractivity contribution in [2.45, 2.75) is 295 Å². The minimum Gasteiger partial charge on any atom is -0.0776 e. The highest BCUT2D eigenvalue weighted by molar-refractivity contribution is 4.61. The van der Waals surface area contributed by atoms with Crippen LogP contribution in [0.2, 0.25) is 0 Å². The SMILES string of the molecule is C.C.C.C.C.C.C.C.C.C.C.C.C.C.C.C.C.C.CCC(C)CC(C)CC(C)C.CCC(C)CC(C)CC(C)C.CCCC(C)CC(C)CC. The van der Waals surface area contributed by atoms with Crippen molar-refractivity contribution in [1.82, 2.24) is 0 Å². The van der Waals surface area contributed by atoms with Gasteiger partial charge in [-0.05, 0) is 79.4 Å². The molecule has 50 heavy (non-hydrogen) atoms. The molecule has 0 rings (SSSR count). The van der Waals surface area contributed by atoms with E-state index in [4.69, 9.17) is 0 Å². The molecule has 0 saturated carbocycles. The minimum absolute atomic E-state index is 0. The molecule has 0 radical (unpaired) electrons. The Hall–Kier alpha value is 0. The Morgan fingerprint density at radius 2 is 0.420 bits per heavy atom. The van der Waals surface area contributed by atoms with Crippen molar-refractivity contribution >= 4 is 0 Å². The first-order valence-corrected chi connectivity index (χ1v) is 14.8. The van der Waals surface area contributed by atoms with Gasteiger partial charge in [-0.2, -0.15) is 0 Å². The zero-order valence-corrected chi connectivity index (χ0v) is 25.7. The zero-order chi connectivity index (χ0) is 25.7. The van der Waals surface area contributed by atoms with E-state index in [0.29, 0.717) is 0 Å². The van der Waals surface area contributed by atoms with E-state index in [1.165, 1.54) is 64.2 Å². The van der Waals surface area contributed by atoms with Crippen LogP contribution in [0.5, 0.6) is 0 Å². The predicted molar refractivity (Wildman–Crippen MR) is 275 cm³/mol. The fourth-order valence-electron chi connectivity index (χ4n) is 4.97. The molecule has 0 spiro atoms. The summed E-state index contributed by atoms with van der Waals surface area (Å²) in [5.41, 5.74) is 0. The lowest BCUT2D eigenvalue weighted by atomic mass is 9.89. The van der Waals surface area contributed by atoms with Crippen LogP contribution in [0.1, 0.15) is 295 Å². The Bertz CT molecular complexity index is 318. The first kappa shape index (κ1) is 143. The smallest absolute Gasteiger partial charge is 0.0438 e. The second kappa shape index (κ2) is 97.7. The van der Waals surface area contributed by atoms with E-state index in [2.05, 4.69) is 96.9 Å². The number of rotatable bonds is 15. The van der Waals surface area contributed by atoms with Gasteiger partial charge >= 0.3 is 0 Å². The molecule has 0 bridgehead atoms. The molecule has 0 N–H and O–H groups in total. The van der Waals surface area contributed by atoms with E-state index in [1.54, 1.807) is 0 Å². The van der Waals surface area contributed by atoms with Crippen molar-refractivity contribution in [2.24, 2.45) is 47.3 Å². The van der Waals surface area contributed by atoms with Gasteiger partial charge in [-0.1, -0.05) is 263 Å². The second-order valence-corrected chi connectivity index (χ2v) is 12.6. The average Bonchev–Trinajstić information content (AvgIpc) is 2.67. The molecular weight excluding hydrogens is 601 g/mol. The molecule has 6 unspecified atom stereocenters. The summed E-state index contributed by atoms with van der Waals surface area (Å²) in [6.45, 7) is 32.6. The Balaban J connectivity index is -0.0000000113. The van der Waals surface area contributed by atoms with Crippen LogP contribution in [0, 0.1) is 47.3 Å². The lowest BCUT2D eigenvalue weighted by Crippen LogP contribution is -2.05. The van der Waals surface area contributed by atoms with Crippen molar-refractivity contribution < 1.29 is 0 Å². The summed E-state index contributed by atoms with van der Waals surface area (Å²) in [5.74, 6) is 7.30. The van der Waals surface area contributed by atoms with E-state index in [0.717, 1.165) is 47.3 Å². The lowest BCUT2D eigenvalue weighted by molar-refractivity contribution is 0.349. The molecule has 0 aromatic heterocycles. The number of hydrogen-bond donors (Lipinski definition) is 0. The number of hydrogen-bond acceptors (Lipinski definition) is 0. The maximum Gasteiger partial charge on any atom is -0.0438 e. The van der Waals surface area contributed by atoms with Gasteiger partial charge in [0.25, 0.3) is 0 Å². The lowest BCUT2D eigenvalue weighted by Gasteiger charge is -2.17. The third-order valence-corrected chi connectivity index (χ3v) is 7.03. The topological polar surface area (TPSA) is 0 Å². The summed E-state index contributed by atoms with van der Waals surface area (Å²) in [5, 5.41) is 0. The first-order chi connectivity index (χ1) is 14.8.